The Labute approximate surface area is 179 Å². The number of nitrogens with zero attached hydrogens (tertiary/aromatic N) is 3. The molecule has 8 nitrogen and oxygen atoms in total. The molecule has 0 aliphatic heterocycles. The number of amides is 1. The summed E-state index contributed by atoms with van der Waals surface area (Å²) < 4.78 is 32.5. The number of rotatable bonds is 6. The monoisotopic (exact) mass is 484 g/mol. The molecular weight excluding hydrogens is 460 g/mol. The first kappa shape index (κ1) is 21.9. The van der Waals surface area contributed by atoms with Gasteiger partial charge in [-0.15, -0.1) is 0 Å². The second kappa shape index (κ2) is 8.93. The number of halogens is 1. The highest BCUT2D eigenvalue weighted by atomic mass is 79.9. The van der Waals surface area contributed by atoms with Crippen LogP contribution in [0.15, 0.2) is 38.2 Å². The second-order valence-electron chi connectivity index (χ2n) is 7.40. The quantitative estimate of drug-likeness (QED) is 0.631. The molecule has 10 heteroatoms. The molecule has 0 bridgehead atoms. The molecule has 1 heterocycles. The molecule has 29 heavy (non-hydrogen) atoms. The number of carbonyl (C=O) groups excluding carboxylic acids is 1. The molecule has 0 unspecified atom stereocenters. The van der Waals surface area contributed by atoms with Crippen LogP contribution in [0.25, 0.3) is 0 Å². The number of likely N-dealkylation sites (N-methyl/N-ethyl adjacent to an activating group) is 1. The van der Waals surface area contributed by atoms with Crippen molar-refractivity contribution in [2.75, 3.05) is 13.6 Å². The zero-order valence-electron chi connectivity index (χ0n) is 16.5. The predicted octanol–water partition coefficient (Wildman–Crippen LogP) is 3.13. The lowest BCUT2D eigenvalue weighted by Crippen LogP contribution is -2.50. The first-order chi connectivity index (χ1) is 13.7. The molecule has 1 saturated carbocycles. The lowest BCUT2D eigenvalue weighted by atomic mass is 9.89. The van der Waals surface area contributed by atoms with E-state index in [9.17, 15) is 13.2 Å². The Balaban J connectivity index is 1.77. The van der Waals surface area contributed by atoms with Crippen LogP contribution in [0.4, 0.5) is 0 Å². The minimum absolute atomic E-state index is 0.133. The smallest absolute Gasteiger partial charge is 0.243 e. The minimum Gasteiger partial charge on any atom is -0.342 e. The highest BCUT2D eigenvalue weighted by Gasteiger charge is 2.39. The van der Waals surface area contributed by atoms with Gasteiger partial charge in [-0.2, -0.15) is 9.29 Å². The number of benzene rings is 1. The van der Waals surface area contributed by atoms with Gasteiger partial charge in [0.2, 0.25) is 21.8 Å². The van der Waals surface area contributed by atoms with Crippen molar-refractivity contribution in [2.45, 2.75) is 55.9 Å². The Morgan fingerprint density at radius 2 is 1.83 bits per heavy atom. The Bertz CT molecular complexity index is 951. The van der Waals surface area contributed by atoms with E-state index >= 15 is 0 Å². The van der Waals surface area contributed by atoms with E-state index in [-0.39, 0.29) is 11.4 Å². The van der Waals surface area contributed by atoms with Crippen molar-refractivity contribution in [2.24, 2.45) is 0 Å². The summed E-state index contributed by atoms with van der Waals surface area (Å²) in [4.78, 5) is 17.3. The summed E-state index contributed by atoms with van der Waals surface area (Å²) in [6.45, 7) is 1.41. The van der Waals surface area contributed by atoms with Crippen molar-refractivity contribution < 1.29 is 17.7 Å². The third kappa shape index (κ3) is 5.04. The van der Waals surface area contributed by atoms with E-state index in [2.05, 4.69) is 31.4 Å². The molecule has 3 rings (SSSR count). The fraction of sp³-hybridized carbons (Fsp3) is 0.526. The van der Waals surface area contributed by atoms with Crippen LogP contribution in [-0.4, -0.2) is 42.4 Å². The predicted molar refractivity (Wildman–Crippen MR) is 111 cm³/mol. The minimum atomic E-state index is -3.78. The number of hydrogen-bond acceptors (Lipinski definition) is 6. The van der Waals surface area contributed by atoms with Gasteiger partial charge in [0.1, 0.15) is 5.54 Å². The summed E-state index contributed by atoms with van der Waals surface area (Å²) in [6.07, 6.45) is 5.40. The molecule has 1 fully saturated rings. The molecule has 0 radical (unpaired) electrons. The standard InChI is InChI=1S/C19H25BrN4O4S/c1-14-21-18(23-28-14)19(11-5-3-4-6-12-19)22-17(25)13-24(2)29(26,27)16-9-7-15(20)8-10-16/h7-10H,3-6,11-13H2,1-2H3,(H,22,25). The lowest BCUT2D eigenvalue weighted by Gasteiger charge is -2.31. The average Bonchev–Trinajstić information content (AvgIpc) is 2.97. The molecule has 1 aromatic heterocycles. The van der Waals surface area contributed by atoms with E-state index in [4.69, 9.17) is 4.52 Å². The summed E-state index contributed by atoms with van der Waals surface area (Å²) in [6, 6.07) is 6.31. The number of aromatic nitrogens is 2. The molecule has 2 aromatic rings. The van der Waals surface area contributed by atoms with Crippen LogP contribution < -0.4 is 5.32 Å². The fourth-order valence-electron chi connectivity index (χ4n) is 3.61. The van der Waals surface area contributed by atoms with Crippen LogP contribution in [0.2, 0.25) is 0 Å². The lowest BCUT2D eigenvalue weighted by molar-refractivity contribution is -0.123. The summed E-state index contributed by atoms with van der Waals surface area (Å²) in [5.41, 5.74) is -0.729. The number of nitrogens with one attached hydrogen (secondary N) is 1. The Morgan fingerprint density at radius 1 is 1.21 bits per heavy atom. The number of carbonyl (C=O) groups is 1. The molecule has 0 atom stereocenters. The van der Waals surface area contributed by atoms with Crippen LogP contribution in [0.5, 0.6) is 0 Å². The van der Waals surface area contributed by atoms with E-state index < -0.39 is 21.5 Å². The van der Waals surface area contributed by atoms with Crippen molar-refractivity contribution in [3.05, 3.63) is 40.5 Å². The number of sulfonamides is 1. The first-order valence-corrected chi connectivity index (χ1v) is 11.8. The fourth-order valence-corrected chi connectivity index (χ4v) is 5.00. The van der Waals surface area contributed by atoms with E-state index in [1.165, 1.54) is 19.2 Å². The van der Waals surface area contributed by atoms with Crippen LogP contribution in [0, 0.1) is 6.92 Å². The van der Waals surface area contributed by atoms with Gasteiger partial charge in [-0.25, -0.2) is 8.42 Å². The Kier molecular flexibility index (Phi) is 6.75. The maximum atomic E-state index is 12.8. The van der Waals surface area contributed by atoms with E-state index in [1.54, 1.807) is 19.1 Å². The van der Waals surface area contributed by atoms with E-state index in [0.29, 0.717) is 24.6 Å². The van der Waals surface area contributed by atoms with Gasteiger partial charge < -0.3 is 9.84 Å². The second-order valence-corrected chi connectivity index (χ2v) is 10.4. The molecule has 0 saturated heterocycles. The average molecular weight is 485 g/mol. The molecule has 1 aliphatic rings. The topological polar surface area (TPSA) is 105 Å². The summed E-state index contributed by atoms with van der Waals surface area (Å²) >= 11 is 3.29. The Hall–Kier alpha value is -1.78. The summed E-state index contributed by atoms with van der Waals surface area (Å²) in [5, 5.41) is 7.08. The maximum absolute atomic E-state index is 12.8. The van der Waals surface area contributed by atoms with Gasteiger partial charge >= 0.3 is 0 Å². The largest absolute Gasteiger partial charge is 0.342 e. The van der Waals surface area contributed by atoms with Gasteiger partial charge in [0.05, 0.1) is 11.4 Å². The molecule has 158 valence electrons. The van der Waals surface area contributed by atoms with Gasteiger partial charge in [-0.05, 0) is 37.1 Å². The van der Waals surface area contributed by atoms with Gasteiger partial charge in [0.25, 0.3) is 0 Å². The zero-order chi connectivity index (χ0) is 21.1. The maximum Gasteiger partial charge on any atom is 0.243 e. The van der Waals surface area contributed by atoms with Crippen molar-refractivity contribution in [3.8, 4) is 0 Å². The summed E-state index contributed by atoms with van der Waals surface area (Å²) in [5.74, 6) is 0.508. The Morgan fingerprint density at radius 3 is 2.38 bits per heavy atom. The highest BCUT2D eigenvalue weighted by Crippen LogP contribution is 2.34. The molecule has 0 spiro atoms. The van der Waals surface area contributed by atoms with E-state index in [0.717, 1.165) is 34.5 Å². The number of hydrogen-bond donors (Lipinski definition) is 1. The van der Waals surface area contributed by atoms with Crippen LogP contribution in [0.3, 0.4) is 0 Å². The molecule has 1 aromatic carbocycles. The van der Waals surface area contributed by atoms with Crippen LogP contribution >= 0.6 is 15.9 Å². The molecule has 1 N–H and O–H groups in total. The normalized spacial score (nSPS) is 17.1. The number of aryl methyl sites for hydroxylation is 1. The van der Waals surface area contributed by atoms with Crippen molar-refractivity contribution in [1.29, 1.82) is 0 Å². The third-order valence-corrected chi connectivity index (χ3v) is 7.53. The van der Waals surface area contributed by atoms with Gasteiger partial charge in [-0.3, -0.25) is 4.79 Å². The third-order valence-electron chi connectivity index (χ3n) is 5.18. The van der Waals surface area contributed by atoms with Gasteiger partial charge in [-0.1, -0.05) is 46.8 Å². The molecule has 1 amide bonds. The van der Waals surface area contributed by atoms with E-state index in [1.807, 2.05) is 0 Å². The van der Waals surface area contributed by atoms with Gasteiger partial charge in [0.15, 0.2) is 5.82 Å². The van der Waals surface area contributed by atoms with Gasteiger partial charge in [0, 0.05) is 18.4 Å². The summed E-state index contributed by atoms with van der Waals surface area (Å²) in [7, 11) is -2.38. The van der Waals surface area contributed by atoms with Crippen LogP contribution in [-0.2, 0) is 20.4 Å². The SMILES string of the molecule is Cc1nc(C2(NC(=O)CN(C)S(=O)(=O)c3ccc(Br)cc3)CCCCCC2)no1. The highest BCUT2D eigenvalue weighted by molar-refractivity contribution is 9.10. The van der Waals surface area contributed by atoms with Crippen molar-refractivity contribution in [3.63, 3.8) is 0 Å². The molecule has 1 aliphatic carbocycles. The van der Waals surface area contributed by atoms with Crippen molar-refractivity contribution in [1.82, 2.24) is 19.8 Å². The van der Waals surface area contributed by atoms with Crippen molar-refractivity contribution >= 4 is 31.9 Å². The zero-order valence-corrected chi connectivity index (χ0v) is 18.9. The first-order valence-electron chi connectivity index (χ1n) is 9.57. The molecular formula is C19H25BrN4O4S. The van der Waals surface area contributed by atoms with Crippen LogP contribution in [0.1, 0.15) is 50.2 Å².